The Hall–Kier alpha value is -3.43. The van der Waals surface area contributed by atoms with E-state index in [1.165, 1.54) is 0 Å². The van der Waals surface area contributed by atoms with Gasteiger partial charge in [-0.05, 0) is 40.0 Å². The monoisotopic (exact) mass is 493 g/mol. The van der Waals surface area contributed by atoms with Crippen LogP contribution in [0.2, 0.25) is 0 Å². The average Bonchev–Trinajstić information content (AvgIpc) is 3.18. The van der Waals surface area contributed by atoms with Crippen molar-refractivity contribution in [1.82, 2.24) is 20.4 Å². The maximum atomic E-state index is 10.00. The second-order valence-corrected chi connectivity index (χ2v) is 9.31. The summed E-state index contributed by atoms with van der Waals surface area (Å²) >= 11 is 0. The van der Waals surface area contributed by atoms with Crippen LogP contribution in [0.15, 0.2) is 41.1 Å². The summed E-state index contributed by atoms with van der Waals surface area (Å²) in [5, 5.41) is 17.1. The van der Waals surface area contributed by atoms with Crippen LogP contribution in [0.1, 0.15) is 23.4 Å². The number of anilines is 1. The third-order valence-corrected chi connectivity index (χ3v) is 6.43. The van der Waals surface area contributed by atoms with E-state index >= 15 is 0 Å². The van der Waals surface area contributed by atoms with E-state index in [-0.39, 0.29) is 6.61 Å². The molecule has 3 heterocycles. The SMILES string of the molecule is C=C(CC1CN(c2nc(-c3cccc(OCC(O)CNC)c3)nc(-c3c(C)noc3C)c2C)C1)OC. The lowest BCUT2D eigenvalue weighted by Gasteiger charge is -2.41. The van der Waals surface area contributed by atoms with Crippen LogP contribution in [0.3, 0.4) is 0 Å². The smallest absolute Gasteiger partial charge is 0.162 e. The molecular formula is C27H35N5O4. The van der Waals surface area contributed by atoms with Gasteiger partial charge in [0, 0.05) is 43.1 Å². The number of aliphatic hydroxyl groups is 1. The first-order chi connectivity index (χ1) is 17.3. The van der Waals surface area contributed by atoms with Gasteiger partial charge in [0.05, 0.1) is 29.8 Å². The fourth-order valence-corrected chi connectivity index (χ4v) is 4.50. The Labute approximate surface area is 212 Å². The zero-order valence-corrected chi connectivity index (χ0v) is 21.7. The number of nitrogens with one attached hydrogen (secondary N) is 1. The van der Waals surface area contributed by atoms with Crippen molar-refractivity contribution in [2.75, 3.05) is 45.3 Å². The molecule has 2 N–H and O–H groups in total. The Bertz CT molecular complexity index is 1200. The lowest BCUT2D eigenvalue weighted by Crippen LogP contribution is -2.47. The van der Waals surface area contributed by atoms with Gasteiger partial charge in [-0.3, -0.25) is 0 Å². The Morgan fingerprint density at radius 3 is 2.72 bits per heavy atom. The number of ether oxygens (including phenoxy) is 2. The molecule has 36 heavy (non-hydrogen) atoms. The van der Waals surface area contributed by atoms with Gasteiger partial charge < -0.3 is 29.3 Å². The highest BCUT2D eigenvalue weighted by Gasteiger charge is 2.31. The molecule has 1 aliphatic rings. The molecule has 0 spiro atoms. The summed E-state index contributed by atoms with van der Waals surface area (Å²) in [5.41, 5.74) is 4.31. The molecule has 0 aliphatic carbocycles. The van der Waals surface area contributed by atoms with E-state index in [2.05, 4.69) is 22.0 Å². The van der Waals surface area contributed by atoms with Crippen LogP contribution in [-0.4, -0.2) is 66.7 Å². The van der Waals surface area contributed by atoms with Crippen molar-refractivity contribution in [2.24, 2.45) is 5.92 Å². The number of aliphatic hydroxyl groups excluding tert-OH is 1. The molecule has 1 atom stereocenters. The number of nitrogens with zero attached hydrogens (tertiary/aromatic N) is 4. The van der Waals surface area contributed by atoms with Crippen LogP contribution < -0.4 is 15.0 Å². The van der Waals surface area contributed by atoms with Crippen LogP contribution in [0.25, 0.3) is 22.6 Å². The van der Waals surface area contributed by atoms with Crippen molar-refractivity contribution >= 4 is 5.82 Å². The minimum atomic E-state index is -0.597. The molecule has 1 unspecified atom stereocenters. The van der Waals surface area contributed by atoms with Crippen LogP contribution >= 0.6 is 0 Å². The molecule has 1 aliphatic heterocycles. The second-order valence-electron chi connectivity index (χ2n) is 9.31. The van der Waals surface area contributed by atoms with Crippen molar-refractivity contribution in [3.05, 3.63) is 53.6 Å². The molecule has 0 bridgehead atoms. The van der Waals surface area contributed by atoms with Crippen molar-refractivity contribution < 1.29 is 19.1 Å². The number of allylic oxidation sites excluding steroid dienone is 1. The standard InChI is InChI=1S/C27H35N5O4/c1-16(34-6)10-20-13-32(14-20)27-17(2)25(24-18(3)31-36-19(24)4)29-26(30-27)21-8-7-9-23(11-21)35-15-22(33)12-28-5/h7-9,11,20,22,28,33H,1,10,12-15H2,2-6H3. The molecule has 1 fully saturated rings. The number of aromatic nitrogens is 3. The van der Waals surface area contributed by atoms with Crippen molar-refractivity contribution in [1.29, 1.82) is 0 Å². The molecular weight excluding hydrogens is 458 g/mol. The summed E-state index contributed by atoms with van der Waals surface area (Å²) in [6.45, 7) is 12.2. The zero-order valence-electron chi connectivity index (χ0n) is 21.7. The summed E-state index contributed by atoms with van der Waals surface area (Å²) < 4.78 is 16.5. The predicted octanol–water partition coefficient (Wildman–Crippen LogP) is 3.67. The van der Waals surface area contributed by atoms with E-state index in [1.54, 1.807) is 14.2 Å². The first kappa shape index (κ1) is 25.7. The maximum absolute atomic E-state index is 10.00. The number of benzene rings is 1. The number of methoxy groups -OCH3 is 1. The van der Waals surface area contributed by atoms with E-state index in [9.17, 15) is 5.11 Å². The van der Waals surface area contributed by atoms with E-state index < -0.39 is 6.10 Å². The molecule has 192 valence electrons. The molecule has 3 aromatic rings. The van der Waals surface area contributed by atoms with Crippen molar-refractivity contribution in [2.45, 2.75) is 33.3 Å². The summed E-state index contributed by atoms with van der Waals surface area (Å²) in [6.07, 6.45) is 0.236. The zero-order chi connectivity index (χ0) is 25.8. The van der Waals surface area contributed by atoms with Gasteiger partial charge >= 0.3 is 0 Å². The Morgan fingerprint density at radius 2 is 2.06 bits per heavy atom. The van der Waals surface area contributed by atoms with Crippen LogP contribution in [0, 0.1) is 26.7 Å². The number of hydrogen-bond acceptors (Lipinski definition) is 9. The van der Waals surface area contributed by atoms with Crippen LogP contribution in [-0.2, 0) is 4.74 Å². The highest BCUT2D eigenvalue weighted by Crippen LogP contribution is 2.37. The lowest BCUT2D eigenvalue weighted by molar-refractivity contribution is 0.108. The first-order valence-electron chi connectivity index (χ1n) is 12.1. The van der Waals surface area contributed by atoms with Gasteiger partial charge in [0.25, 0.3) is 0 Å². The van der Waals surface area contributed by atoms with Crippen LogP contribution in [0.4, 0.5) is 5.82 Å². The van der Waals surface area contributed by atoms with E-state index in [4.69, 9.17) is 24.0 Å². The van der Waals surface area contributed by atoms with E-state index in [1.807, 2.05) is 45.0 Å². The van der Waals surface area contributed by atoms with Crippen molar-refractivity contribution in [3.8, 4) is 28.4 Å². The number of likely N-dealkylation sites (N-methyl/N-ethyl adjacent to an activating group) is 1. The molecule has 4 rings (SSSR count). The minimum Gasteiger partial charge on any atom is -0.502 e. The molecule has 0 radical (unpaired) electrons. The second kappa shape index (κ2) is 11.1. The summed E-state index contributed by atoms with van der Waals surface area (Å²) in [5.74, 6) is 4.13. The molecule has 9 heteroatoms. The van der Waals surface area contributed by atoms with Gasteiger partial charge in [-0.2, -0.15) is 0 Å². The molecule has 1 aromatic carbocycles. The number of aryl methyl sites for hydroxylation is 2. The van der Waals surface area contributed by atoms with E-state index in [0.717, 1.165) is 64.9 Å². The highest BCUT2D eigenvalue weighted by atomic mass is 16.5. The van der Waals surface area contributed by atoms with Gasteiger partial charge in [-0.15, -0.1) is 0 Å². The summed E-state index contributed by atoms with van der Waals surface area (Å²) in [6, 6.07) is 7.63. The number of rotatable bonds is 11. The third-order valence-electron chi connectivity index (χ3n) is 6.43. The Kier molecular flexibility index (Phi) is 7.91. The van der Waals surface area contributed by atoms with Gasteiger partial charge in [-0.25, -0.2) is 9.97 Å². The Balaban J connectivity index is 1.68. The third kappa shape index (κ3) is 5.52. The van der Waals surface area contributed by atoms with E-state index in [0.29, 0.717) is 24.0 Å². The van der Waals surface area contributed by atoms with Crippen LogP contribution in [0.5, 0.6) is 5.75 Å². The summed E-state index contributed by atoms with van der Waals surface area (Å²) in [7, 11) is 3.45. The first-order valence-corrected chi connectivity index (χ1v) is 12.1. The normalized spacial score (nSPS) is 14.4. The average molecular weight is 494 g/mol. The molecule has 0 amide bonds. The molecule has 2 aromatic heterocycles. The molecule has 1 saturated heterocycles. The predicted molar refractivity (Wildman–Crippen MR) is 139 cm³/mol. The van der Waals surface area contributed by atoms with Crippen molar-refractivity contribution in [3.63, 3.8) is 0 Å². The quantitative estimate of drug-likeness (QED) is 0.387. The fourth-order valence-electron chi connectivity index (χ4n) is 4.50. The molecule has 0 saturated carbocycles. The highest BCUT2D eigenvalue weighted by molar-refractivity contribution is 5.75. The summed E-state index contributed by atoms with van der Waals surface area (Å²) in [4.78, 5) is 12.2. The topological polar surface area (TPSA) is 106 Å². The van der Waals surface area contributed by atoms with Gasteiger partial charge in [0.15, 0.2) is 5.82 Å². The maximum Gasteiger partial charge on any atom is 0.162 e. The van der Waals surface area contributed by atoms with Gasteiger partial charge in [0.1, 0.15) is 30.0 Å². The minimum absolute atomic E-state index is 0.191. The largest absolute Gasteiger partial charge is 0.502 e. The van der Waals surface area contributed by atoms with Gasteiger partial charge in [-0.1, -0.05) is 23.9 Å². The fraction of sp³-hybridized carbons (Fsp3) is 0.444. The molecule has 9 nitrogen and oxygen atoms in total. The number of hydrogen-bond donors (Lipinski definition) is 2. The van der Waals surface area contributed by atoms with Gasteiger partial charge in [0.2, 0.25) is 0 Å². The Morgan fingerprint density at radius 1 is 1.28 bits per heavy atom. The lowest BCUT2D eigenvalue weighted by atomic mass is 9.94.